The van der Waals surface area contributed by atoms with E-state index >= 15 is 0 Å². The van der Waals surface area contributed by atoms with Crippen molar-refractivity contribution in [2.24, 2.45) is 0 Å². The Kier molecular flexibility index (Phi) is 7.44. The van der Waals surface area contributed by atoms with E-state index in [4.69, 9.17) is 9.97 Å². The summed E-state index contributed by atoms with van der Waals surface area (Å²) >= 11 is 0. The summed E-state index contributed by atoms with van der Waals surface area (Å²) in [7, 11) is 2.09. The van der Waals surface area contributed by atoms with E-state index in [1.54, 1.807) is 0 Å². The molecule has 39 heavy (non-hydrogen) atoms. The van der Waals surface area contributed by atoms with Gasteiger partial charge in [-0.1, -0.05) is 18.2 Å². The van der Waals surface area contributed by atoms with Gasteiger partial charge in [-0.25, -0.2) is 4.98 Å². The standard InChI is InChI=1S/C32H36N6O/c1-22-7-6-8-28(34-22)29-18-25(19-30(35-29)36-32(2,3)4)27-17-26(20-33-21-27)23-9-11-24(12-10-23)31(39)38-15-13-37(5)14-16-38/h6-12,17-21H,13-16H2,1-5H3,(H,35,36). The molecule has 1 N–H and O–H groups in total. The summed E-state index contributed by atoms with van der Waals surface area (Å²) < 4.78 is 0. The zero-order valence-electron chi connectivity index (χ0n) is 23.4. The van der Waals surface area contributed by atoms with Crippen LogP contribution < -0.4 is 5.32 Å². The highest BCUT2D eigenvalue weighted by Crippen LogP contribution is 2.31. The smallest absolute Gasteiger partial charge is 0.253 e. The second-order valence-electron chi connectivity index (χ2n) is 11.3. The van der Waals surface area contributed by atoms with E-state index in [-0.39, 0.29) is 11.4 Å². The maximum atomic E-state index is 13.0. The fraction of sp³-hybridized carbons (Fsp3) is 0.312. The van der Waals surface area contributed by atoms with Gasteiger partial charge >= 0.3 is 0 Å². The molecule has 1 aromatic carbocycles. The molecule has 5 rings (SSSR count). The molecule has 0 aliphatic carbocycles. The minimum Gasteiger partial charge on any atom is -0.365 e. The average molecular weight is 521 g/mol. The van der Waals surface area contributed by atoms with Crippen molar-refractivity contribution in [1.82, 2.24) is 24.8 Å². The summed E-state index contributed by atoms with van der Waals surface area (Å²) in [6, 6.07) is 20.1. The second kappa shape index (κ2) is 10.9. The predicted octanol–water partition coefficient (Wildman–Crippen LogP) is 5.78. The van der Waals surface area contributed by atoms with Crippen molar-refractivity contribution in [2.45, 2.75) is 33.2 Å². The number of likely N-dealkylation sites (N-methyl/N-ethyl adjacent to an activating group) is 1. The molecule has 0 unspecified atom stereocenters. The zero-order valence-corrected chi connectivity index (χ0v) is 23.4. The number of hydrogen-bond acceptors (Lipinski definition) is 6. The minimum atomic E-state index is -0.147. The topological polar surface area (TPSA) is 74.2 Å². The van der Waals surface area contributed by atoms with Crippen molar-refractivity contribution in [2.75, 3.05) is 38.5 Å². The molecule has 0 saturated carbocycles. The first-order valence-corrected chi connectivity index (χ1v) is 13.4. The van der Waals surface area contributed by atoms with Gasteiger partial charge in [0, 0.05) is 66.5 Å². The molecule has 3 aromatic heterocycles. The summed E-state index contributed by atoms with van der Waals surface area (Å²) in [6.07, 6.45) is 3.73. The van der Waals surface area contributed by atoms with Crippen LogP contribution in [0.1, 0.15) is 36.8 Å². The summed E-state index contributed by atoms with van der Waals surface area (Å²) in [4.78, 5) is 31.3. The van der Waals surface area contributed by atoms with E-state index in [1.165, 1.54) is 0 Å². The van der Waals surface area contributed by atoms with Gasteiger partial charge in [0.05, 0.1) is 11.4 Å². The van der Waals surface area contributed by atoms with Gasteiger partial charge in [0.25, 0.3) is 5.91 Å². The highest BCUT2D eigenvalue weighted by molar-refractivity contribution is 5.95. The molecular weight excluding hydrogens is 484 g/mol. The minimum absolute atomic E-state index is 0.0921. The molecule has 1 aliphatic rings. The van der Waals surface area contributed by atoms with E-state index in [9.17, 15) is 4.79 Å². The van der Waals surface area contributed by atoms with Gasteiger partial charge in [-0.05, 0) is 88.3 Å². The number of amides is 1. The maximum Gasteiger partial charge on any atom is 0.253 e. The number of aryl methyl sites for hydroxylation is 1. The lowest BCUT2D eigenvalue weighted by Gasteiger charge is -2.32. The van der Waals surface area contributed by atoms with Crippen LogP contribution in [0.15, 0.2) is 73.1 Å². The van der Waals surface area contributed by atoms with Crippen LogP contribution in [0.25, 0.3) is 33.6 Å². The number of carbonyl (C=O) groups is 1. The Morgan fingerprint density at radius 1 is 0.795 bits per heavy atom. The molecule has 0 bridgehead atoms. The number of carbonyl (C=O) groups excluding carboxylic acids is 1. The molecule has 4 heterocycles. The van der Waals surface area contributed by atoms with Crippen molar-refractivity contribution in [1.29, 1.82) is 0 Å². The molecule has 1 aliphatic heterocycles. The van der Waals surface area contributed by atoms with Crippen molar-refractivity contribution in [3.63, 3.8) is 0 Å². The number of piperazine rings is 1. The van der Waals surface area contributed by atoms with Crippen LogP contribution in [0.4, 0.5) is 5.82 Å². The normalized spacial score (nSPS) is 14.3. The second-order valence-corrected chi connectivity index (χ2v) is 11.3. The van der Waals surface area contributed by atoms with Crippen LogP contribution in [0, 0.1) is 6.92 Å². The van der Waals surface area contributed by atoms with E-state index in [1.807, 2.05) is 66.7 Å². The van der Waals surface area contributed by atoms with Crippen molar-refractivity contribution < 1.29 is 4.79 Å². The Hall–Kier alpha value is -4.10. The van der Waals surface area contributed by atoms with Crippen LogP contribution in [0.5, 0.6) is 0 Å². The number of nitrogens with zero attached hydrogens (tertiary/aromatic N) is 5. The quantitative estimate of drug-likeness (QED) is 0.360. The van der Waals surface area contributed by atoms with Gasteiger partial charge < -0.3 is 15.1 Å². The third-order valence-corrected chi connectivity index (χ3v) is 6.81. The largest absolute Gasteiger partial charge is 0.365 e. The highest BCUT2D eigenvalue weighted by Gasteiger charge is 2.20. The summed E-state index contributed by atoms with van der Waals surface area (Å²) in [5, 5.41) is 3.51. The van der Waals surface area contributed by atoms with Gasteiger partial charge in [-0.15, -0.1) is 0 Å². The van der Waals surface area contributed by atoms with Gasteiger partial charge in [0.1, 0.15) is 5.82 Å². The molecule has 1 fully saturated rings. The predicted molar refractivity (Wildman–Crippen MR) is 158 cm³/mol. The van der Waals surface area contributed by atoms with E-state index in [2.05, 4.69) is 61.2 Å². The van der Waals surface area contributed by atoms with Crippen molar-refractivity contribution in [3.8, 4) is 33.6 Å². The van der Waals surface area contributed by atoms with Crippen LogP contribution >= 0.6 is 0 Å². The summed E-state index contributed by atoms with van der Waals surface area (Å²) in [5.41, 5.74) is 7.15. The Morgan fingerprint density at radius 2 is 1.49 bits per heavy atom. The fourth-order valence-corrected chi connectivity index (χ4v) is 4.72. The molecule has 4 aromatic rings. The number of pyridine rings is 3. The number of aromatic nitrogens is 3. The van der Waals surface area contributed by atoms with Gasteiger partial charge in [-0.3, -0.25) is 14.8 Å². The molecule has 0 atom stereocenters. The van der Waals surface area contributed by atoms with E-state index in [0.29, 0.717) is 0 Å². The first-order chi connectivity index (χ1) is 18.6. The number of hydrogen-bond donors (Lipinski definition) is 1. The lowest BCUT2D eigenvalue weighted by molar-refractivity contribution is 0.0664. The first-order valence-electron chi connectivity index (χ1n) is 13.4. The third kappa shape index (κ3) is 6.49. The molecule has 1 saturated heterocycles. The van der Waals surface area contributed by atoms with Crippen molar-refractivity contribution >= 4 is 11.7 Å². The third-order valence-electron chi connectivity index (χ3n) is 6.81. The Balaban J connectivity index is 1.45. The van der Waals surface area contributed by atoms with E-state index < -0.39 is 0 Å². The lowest BCUT2D eigenvalue weighted by atomic mass is 10.00. The van der Waals surface area contributed by atoms with Gasteiger partial charge in [0.2, 0.25) is 0 Å². The van der Waals surface area contributed by atoms with Crippen LogP contribution in [-0.4, -0.2) is 69.4 Å². The van der Waals surface area contributed by atoms with Gasteiger partial charge in [-0.2, -0.15) is 0 Å². The Morgan fingerprint density at radius 3 is 2.15 bits per heavy atom. The van der Waals surface area contributed by atoms with Crippen LogP contribution in [0.3, 0.4) is 0 Å². The van der Waals surface area contributed by atoms with Crippen LogP contribution in [-0.2, 0) is 0 Å². The lowest BCUT2D eigenvalue weighted by Crippen LogP contribution is -2.47. The molecular formula is C32H36N6O. The van der Waals surface area contributed by atoms with Crippen LogP contribution in [0.2, 0.25) is 0 Å². The summed E-state index contributed by atoms with van der Waals surface area (Å²) in [6.45, 7) is 11.7. The Labute approximate surface area is 231 Å². The van der Waals surface area contributed by atoms with Gasteiger partial charge in [0.15, 0.2) is 0 Å². The zero-order chi connectivity index (χ0) is 27.6. The SMILES string of the molecule is Cc1cccc(-c2cc(-c3cncc(-c4ccc(C(=O)N5CCN(C)CC5)cc4)c3)cc(NC(C)(C)C)n2)n1. The summed E-state index contributed by atoms with van der Waals surface area (Å²) in [5.74, 6) is 0.880. The first kappa shape index (κ1) is 26.5. The molecule has 7 heteroatoms. The average Bonchev–Trinajstić information content (AvgIpc) is 2.92. The monoisotopic (exact) mass is 520 g/mol. The molecule has 1 amide bonds. The number of rotatable bonds is 5. The number of nitrogens with one attached hydrogen (secondary N) is 1. The highest BCUT2D eigenvalue weighted by atomic mass is 16.2. The molecule has 7 nitrogen and oxygen atoms in total. The molecule has 0 radical (unpaired) electrons. The molecule has 0 spiro atoms. The molecule has 200 valence electrons. The Bertz CT molecular complexity index is 1470. The van der Waals surface area contributed by atoms with Crippen molar-refractivity contribution in [3.05, 3.63) is 84.3 Å². The fourth-order valence-electron chi connectivity index (χ4n) is 4.72. The maximum absolute atomic E-state index is 13.0. The number of benzene rings is 1. The number of anilines is 1. The van der Waals surface area contributed by atoms with E-state index in [0.717, 1.165) is 76.9 Å².